The fourth-order valence-electron chi connectivity index (χ4n) is 4.13. The molecule has 1 aliphatic heterocycles. The van der Waals surface area contributed by atoms with Crippen LogP contribution in [0.5, 0.6) is 0 Å². The van der Waals surface area contributed by atoms with Crippen LogP contribution in [0.15, 0.2) is 42.6 Å². The molecular weight excluding hydrogens is 470 g/mol. The fourth-order valence-corrected chi connectivity index (χ4v) is 5.16. The number of carbonyl (C=O) groups is 1. The predicted molar refractivity (Wildman–Crippen MR) is 137 cm³/mol. The van der Waals surface area contributed by atoms with Crippen molar-refractivity contribution in [2.24, 2.45) is 5.41 Å². The van der Waals surface area contributed by atoms with E-state index in [0.717, 1.165) is 59.5 Å². The summed E-state index contributed by atoms with van der Waals surface area (Å²) in [4.78, 5) is 21.1. The minimum atomic E-state index is -0.916. The summed E-state index contributed by atoms with van der Waals surface area (Å²) in [5.74, 6) is 0.735. The smallest absolute Gasteiger partial charge is 0.256 e. The van der Waals surface area contributed by atoms with Gasteiger partial charge in [0.25, 0.3) is 5.91 Å². The van der Waals surface area contributed by atoms with Crippen LogP contribution < -0.4 is 5.32 Å². The van der Waals surface area contributed by atoms with Gasteiger partial charge in [-0.3, -0.25) is 9.78 Å². The SMILES string of the molecule is CC(C)(CO)C(=O)n1nc(C2CCN(CCc3ccccn3)CC2)cc1NCc1ccc(Cl)s1. The average molecular weight is 502 g/mol. The molecule has 0 saturated carbocycles. The zero-order valence-electron chi connectivity index (χ0n) is 19.7. The van der Waals surface area contributed by atoms with Crippen molar-refractivity contribution in [3.8, 4) is 0 Å². The third-order valence-electron chi connectivity index (χ3n) is 6.38. The van der Waals surface area contributed by atoms with E-state index in [9.17, 15) is 9.90 Å². The number of nitrogens with one attached hydrogen (secondary N) is 1. The molecule has 34 heavy (non-hydrogen) atoms. The van der Waals surface area contributed by atoms with E-state index in [1.807, 2.05) is 36.5 Å². The minimum Gasteiger partial charge on any atom is -0.395 e. The lowest BCUT2D eigenvalue weighted by Gasteiger charge is -2.31. The molecule has 4 rings (SSSR count). The Hall–Kier alpha value is -2.26. The van der Waals surface area contributed by atoms with Gasteiger partial charge in [-0.25, -0.2) is 0 Å². The van der Waals surface area contributed by atoms with Crippen molar-refractivity contribution in [2.45, 2.75) is 45.6 Å². The van der Waals surface area contributed by atoms with E-state index in [0.29, 0.717) is 18.3 Å². The molecule has 0 spiro atoms. The molecule has 7 nitrogen and oxygen atoms in total. The van der Waals surface area contributed by atoms with Crippen molar-refractivity contribution >= 4 is 34.7 Å². The van der Waals surface area contributed by atoms with E-state index < -0.39 is 5.41 Å². The highest BCUT2D eigenvalue weighted by Crippen LogP contribution is 2.31. The molecule has 3 aromatic heterocycles. The van der Waals surface area contributed by atoms with Gasteiger partial charge in [-0.2, -0.15) is 9.78 Å². The molecule has 0 radical (unpaired) electrons. The van der Waals surface area contributed by atoms with Gasteiger partial charge in [0.2, 0.25) is 0 Å². The van der Waals surface area contributed by atoms with Crippen LogP contribution in [0.1, 0.15) is 53.7 Å². The molecule has 1 aliphatic rings. The summed E-state index contributed by atoms with van der Waals surface area (Å²) in [6.07, 6.45) is 4.79. The molecule has 1 saturated heterocycles. The number of rotatable bonds is 9. The van der Waals surface area contributed by atoms with Crippen LogP contribution in [-0.4, -0.2) is 56.9 Å². The summed E-state index contributed by atoms with van der Waals surface area (Å²) in [5, 5.41) is 17.8. The number of hydrogen-bond acceptors (Lipinski definition) is 7. The number of nitrogens with zero attached hydrogens (tertiary/aromatic N) is 4. The maximum atomic E-state index is 13.2. The van der Waals surface area contributed by atoms with E-state index in [1.54, 1.807) is 13.8 Å². The predicted octanol–water partition coefficient (Wildman–Crippen LogP) is 4.69. The second-order valence-corrected chi connectivity index (χ2v) is 11.3. The second kappa shape index (κ2) is 11.0. The molecule has 0 atom stereocenters. The Kier molecular flexibility index (Phi) is 8.03. The van der Waals surface area contributed by atoms with Crippen molar-refractivity contribution in [2.75, 3.05) is 31.6 Å². The van der Waals surface area contributed by atoms with Gasteiger partial charge in [0.05, 0.1) is 28.6 Å². The Morgan fingerprint density at radius 2 is 2.06 bits per heavy atom. The molecule has 0 aromatic carbocycles. The number of anilines is 1. The molecule has 9 heteroatoms. The van der Waals surface area contributed by atoms with Crippen molar-refractivity contribution < 1.29 is 9.90 Å². The quantitative estimate of drug-likeness (QED) is 0.442. The summed E-state index contributed by atoms with van der Waals surface area (Å²) < 4.78 is 2.17. The fraction of sp³-hybridized carbons (Fsp3) is 0.480. The van der Waals surface area contributed by atoms with E-state index in [1.165, 1.54) is 16.0 Å². The third-order valence-corrected chi connectivity index (χ3v) is 7.61. The van der Waals surface area contributed by atoms with Gasteiger partial charge in [0.1, 0.15) is 5.82 Å². The summed E-state index contributed by atoms with van der Waals surface area (Å²) >= 11 is 7.57. The van der Waals surface area contributed by atoms with Crippen molar-refractivity contribution in [3.05, 3.63) is 63.2 Å². The highest BCUT2D eigenvalue weighted by molar-refractivity contribution is 7.16. The molecule has 0 aliphatic carbocycles. The number of aliphatic hydroxyl groups excluding tert-OH is 1. The van der Waals surface area contributed by atoms with Gasteiger partial charge in [-0.05, 0) is 64.0 Å². The molecule has 182 valence electrons. The number of hydrogen-bond donors (Lipinski definition) is 2. The third kappa shape index (κ3) is 6.05. The molecule has 1 fully saturated rings. The molecule has 0 bridgehead atoms. The first-order chi connectivity index (χ1) is 16.4. The van der Waals surface area contributed by atoms with Crippen LogP contribution in [0.3, 0.4) is 0 Å². The van der Waals surface area contributed by atoms with E-state index in [4.69, 9.17) is 16.7 Å². The summed E-state index contributed by atoms with van der Waals surface area (Å²) in [6, 6.07) is 11.9. The highest BCUT2D eigenvalue weighted by atomic mass is 35.5. The van der Waals surface area contributed by atoms with Crippen molar-refractivity contribution in [3.63, 3.8) is 0 Å². The lowest BCUT2D eigenvalue weighted by molar-refractivity contribution is 0.0615. The van der Waals surface area contributed by atoms with Crippen LogP contribution in [0.4, 0.5) is 5.82 Å². The summed E-state index contributed by atoms with van der Waals surface area (Å²) in [5.41, 5.74) is 1.13. The van der Waals surface area contributed by atoms with Crippen molar-refractivity contribution in [1.29, 1.82) is 0 Å². The van der Waals surface area contributed by atoms with Crippen LogP contribution >= 0.6 is 22.9 Å². The standard InChI is InChI=1S/C25H32ClN5O2S/c1-25(2,17-32)24(33)31-23(28-16-20-6-7-22(26)34-20)15-21(29-31)18-8-12-30(13-9-18)14-10-19-5-3-4-11-27-19/h3-7,11,15,18,28,32H,8-10,12-14,16-17H2,1-2H3. The van der Waals surface area contributed by atoms with Gasteiger partial charge in [0, 0.05) is 41.7 Å². The van der Waals surface area contributed by atoms with Crippen LogP contribution in [0, 0.1) is 5.41 Å². The lowest BCUT2D eigenvalue weighted by Crippen LogP contribution is -2.35. The molecule has 2 N–H and O–H groups in total. The zero-order chi connectivity index (χ0) is 24.1. The molecule has 0 unspecified atom stereocenters. The normalized spacial score (nSPS) is 15.5. The largest absolute Gasteiger partial charge is 0.395 e. The number of halogens is 1. The van der Waals surface area contributed by atoms with E-state index in [-0.39, 0.29) is 12.5 Å². The zero-order valence-corrected chi connectivity index (χ0v) is 21.3. The Morgan fingerprint density at radius 1 is 1.26 bits per heavy atom. The average Bonchev–Trinajstić information content (AvgIpc) is 3.48. The molecular formula is C25H32ClN5O2S. The van der Waals surface area contributed by atoms with Crippen LogP contribution in [0.25, 0.3) is 0 Å². The number of piperidine rings is 1. The first-order valence-electron chi connectivity index (χ1n) is 11.7. The monoisotopic (exact) mass is 501 g/mol. The van der Waals surface area contributed by atoms with E-state index >= 15 is 0 Å². The topological polar surface area (TPSA) is 83.3 Å². The minimum absolute atomic E-state index is 0.222. The first-order valence-corrected chi connectivity index (χ1v) is 12.9. The van der Waals surface area contributed by atoms with Gasteiger partial charge < -0.3 is 15.3 Å². The Balaban J connectivity index is 1.43. The molecule has 4 heterocycles. The number of pyridine rings is 1. The Morgan fingerprint density at radius 3 is 2.71 bits per heavy atom. The number of carbonyl (C=O) groups excluding carboxylic acids is 1. The maximum Gasteiger partial charge on any atom is 0.256 e. The second-order valence-electron chi connectivity index (χ2n) is 9.46. The lowest BCUT2D eigenvalue weighted by atomic mass is 9.93. The van der Waals surface area contributed by atoms with E-state index in [2.05, 4.69) is 21.3 Å². The van der Waals surface area contributed by atoms with Crippen molar-refractivity contribution in [1.82, 2.24) is 19.7 Å². The van der Waals surface area contributed by atoms with Crippen LogP contribution in [0.2, 0.25) is 4.34 Å². The Labute approximate surface area is 209 Å². The van der Waals surface area contributed by atoms with Crippen LogP contribution in [-0.2, 0) is 13.0 Å². The maximum absolute atomic E-state index is 13.2. The number of aromatic nitrogens is 3. The number of aliphatic hydroxyl groups is 1. The molecule has 3 aromatic rings. The number of thiophene rings is 1. The van der Waals surface area contributed by atoms with Gasteiger partial charge in [-0.1, -0.05) is 17.7 Å². The first kappa shape index (κ1) is 24.9. The summed E-state index contributed by atoms with van der Waals surface area (Å²) in [6.45, 7) is 6.78. The Bertz CT molecular complexity index is 1090. The summed E-state index contributed by atoms with van der Waals surface area (Å²) in [7, 11) is 0. The van der Waals surface area contributed by atoms with Gasteiger partial charge in [0.15, 0.2) is 0 Å². The highest BCUT2D eigenvalue weighted by Gasteiger charge is 2.32. The van der Waals surface area contributed by atoms with Gasteiger partial charge in [-0.15, -0.1) is 11.3 Å². The number of likely N-dealkylation sites (tertiary alicyclic amines) is 1. The van der Waals surface area contributed by atoms with Gasteiger partial charge >= 0.3 is 0 Å². The molecule has 0 amide bonds.